The quantitative estimate of drug-likeness (QED) is 0.536. The Morgan fingerprint density at radius 1 is 1.08 bits per heavy atom. The minimum Gasteiger partial charge on any atom is -0.291 e. The van der Waals surface area contributed by atoms with Gasteiger partial charge in [-0.3, -0.25) is 9.78 Å². The maximum absolute atomic E-state index is 11.6. The van der Waals surface area contributed by atoms with Crippen molar-refractivity contribution in [3.05, 3.63) is 93.9 Å². The van der Waals surface area contributed by atoms with Gasteiger partial charge in [0.05, 0.1) is 5.71 Å². The van der Waals surface area contributed by atoms with Crippen molar-refractivity contribution in [3.63, 3.8) is 0 Å². The number of rotatable bonds is 6. The molecule has 0 aliphatic carbocycles. The Morgan fingerprint density at radius 2 is 1.76 bits per heavy atom. The molecule has 1 aromatic heterocycles. The first-order valence-corrected chi connectivity index (χ1v) is 8.20. The molecule has 25 heavy (non-hydrogen) atoms. The van der Waals surface area contributed by atoms with Crippen molar-refractivity contribution in [2.75, 3.05) is 5.43 Å². The van der Waals surface area contributed by atoms with Crippen LogP contribution in [0.4, 0.5) is 5.95 Å². The Bertz CT molecular complexity index is 902. The second-order valence-corrected chi connectivity index (χ2v) is 5.76. The predicted molar refractivity (Wildman–Crippen MR) is 101 cm³/mol. The molecule has 0 unspecified atom stereocenters. The fourth-order valence-electron chi connectivity index (χ4n) is 2.56. The molecule has 5 heteroatoms. The van der Waals surface area contributed by atoms with E-state index in [0.717, 1.165) is 24.1 Å². The zero-order valence-corrected chi connectivity index (χ0v) is 14.1. The number of aryl methyl sites for hydroxylation is 2. The fraction of sp³-hybridized carbons (Fsp3) is 0.150. The lowest BCUT2D eigenvalue weighted by Gasteiger charge is -2.08. The lowest BCUT2D eigenvalue weighted by atomic mass is 10.0. The summed E-state index contributed by atoms with van der Waals surface area (Å²) in [5.74, 6) is 0.346. The van der Waals surface area contributed by atoms with Crippen LogP contribution in [0.3, 0.4) is 0 Å². The van der Waals surface area contributed by atoms with Gasteiger partial charge in [-0.25, -0.2) is 10.4 Å². The van der Waals surface area contributed by atoms with E-state index in [1.54, 1.807) is 6.92 Å². The van der Waals surface area contributed by atoms with Crippen LogP contribution in [0.1, 0.15) is 23.2 Å². The average Bonchev–Trinajstić information content (AvgIpc) is 2.62. The van der Waals surface area contributed by atoms with Gasteiger partial charge in [0.25, 0.3) is 5.56 Å². The molecular weight excluding hydrogens is 312 g/mol. The number of aromatic amines is 1. The molecule has 0 saturated carbocycles. The van der Waals surface area contributed by atoms with Gasteiger partial charge in [0.15, 0.2) is 0 Å². The third-order valence-electron chi connectivity index (χ3n) is 3.77. The van der Waals surface area contributed by atoms with Crippen molar-refractivity contribution in [3.8, 4) is 0 Å². The van der Waals surface area contributed by atoms with Gasteiger partial charge in [-0.15, -0.1) is 0 Å². The number of hydrogen-bond acceptors (Lipinski definition) is 4. The second kappa shape index (κ2) is 8.06. The number of nitrogens with zero attached hydrogens (tertiary/aromatic N) is 2. The molecule has 2 aromatic carbocycles. The fourth-order valence-corrected chi connectivity index (χ4v) is 2.56. The summed E-state index contributed by atoms with van der Waals surface area (Å²) in [6.45, 7) is 1.78. The SMILES string of the molecule is Cc1cc(=O)[nH]c(N/N=C(\CCc2ccccc2)c2ccccc2)n1. The van der Waals surface area contributed by atoms with Crippen LogP contribution in [-0.2, 0) is 6.42 Å². The molecule has 0 saturated heterocycles. The number of nitrogens with one attached hydrogen (secondary N) is 2. The summed E-state index contributed by atoms with van der Waals surface area (Å²) in [6, 6.07) is 21.7. The molecule has 2 N–H and O–H groups in total. The van der Waals surface area contributed by atoms with E-state index >= 15 is 0 Å². The third kappa shape index (κ3) is 4.88. The molecule has 0 amide bonds. The zero-order valence-electron chi connectivity index (χ0n) is 14.1. The lowest BCUT2D eigenvalue weighted by molar-refractivity contribution is 1.01. The Kier molecular flexibility index (Phi) is 5.36. The van der Waals surface area contributed by atoms with Crippen molar-refractivity contribution in [2.24, 2.45) is 5.10 Å². The first-order valence-electron chi connectivity index (χ1n) is 8.20. The van der Waals surface area contributed by atoms with E-state index in [2.05, 4.69) is 32.6 Å². The highest BCUT2D eigenvalue weighted by Gasteiger charge is 2.05. The van der Waals surface area contributed by atoms with E-state index in [-0.39, 0.29) is 5.56 Å². The summed E-state index contributed by atoms with van der Waals surface area (Å²) < 4.78 is 0. The molecule has 1 heterocycles. The van der Waals surface area contributed by atoms with Crippen LogP contribution in [0.15, 0.2) is 76.6 Å². The first kappa shape index (κ1) is 16.6. The molecule has 3 aromatic rings. The van der Waals surface area contributed by atoms with E-state index < -0.39 is 0 Å². The van der Waals surface area contributed by atoms with Crippen LogP contribution in [0, 0.1) is 6.92 Å². The van der Waals surface area contributed by atoms with Gasteiger partial charge in [-0.05, 0) is 30.9 Å². The number of hydrogen-bond donors (Lipinski definition) is 2. The highest BCUT2D eigenvalue weighted by molar-refractivity contribution is 6.01. The first-order chi connectivity index (χ1) is 12.2. The van der Waals surface area contributed by atoms with Crippen LogP contribution in [0.2, 0.25) is 0 Å². The van der Waals surface area contributed by atoms with E-state index in [1.165, 1.54) is 11.6 Å². The Hall–Kier alpha value is -3.21. The zero-order chi connectivity index (χ0) is 17.5. The van der Waals surface area contributed by atoms with E-state index in [1.807, 2.05) is 48.5 Å². The average molecular weight is 332 g/mol. The van der Waals surface area contributed by atoms with Gasteiger partial charge >= 0.3 is 0 Å². The van der Waals surface area contributed by atoms with E-state index in [4.69, 9.17) is 0 Å². The van der Waals surface area contributed by atoms with E-state index in [9.17, 15) is 4.79 Å². The molecule has 0 bridgehead atoms. The second-order valence-electron chi connectivity index (χ2n) is 5.76. The highest BCUT2D eigenvalue weighted by atomic mass is 16.1. The lowest BCUT2D eigenvalue weighted by Crippen LogP contribution is -2.12. The molecule has 0 atom stereocenters. The number of H-pyrrole nitrogens is 1. The van der Waals surface area contributed by atoms with Gasteiger partial charge in [-0.2, -0.15) is 5.10 Å². The Labute approximate surface area is 146 Å². The van der Waals surface area contributed by atoms with Gasteiger partial charge in [0, 0.05) is 11.8 Å². The smallest absolute Gasteiger partial charge is 0.252 e. The number of aromatic nitrogens is 2. The van der Waals surface area contributed by atoms with Crippen LogP contribution in [-0.4, -0.2) is 15.7 Å². The Balaban J connectivity index is 1.81. The highest BCUT2D eigenvalue weighted by Crippen LogP contribution is 2.10. The maximum Gasteiger partial charge on any atom is 0.252 e. The largest absolute Gasteiger partial charge is 0.291 e. The van der Waals surface area contributed by atoms with Crippen LogP contribution >= 0.6 is 0 Å². The summed E-state index contributed by atoms with van der Waals surface area (Å²) in [5.41, 5.74) is 6.54. The van der Waals surface area contributed by atoms with Gasteiger partial charge in [0.1, 0.15) is 0 Å². The predicted octanol–water partition coefficient (Wildman–Crippen LogP) is 3.53. The third-order valence-corrected chi connectivity index (χ3v) is 3.77. The van der Waals surface area contributed by atoms with Crippen molar-refractivity contribution in [2.45, 2.75) is 19.8 Å². The van der Waals surface area contributed by atoms with Gasteiger partial charge < -0.3 is 0 Å². The molecule has 3 rings (SSSR count). The minimum absolute atomic E-state index is 0.198. The van der Waals surface area contributed by atoms with Crippen LogP contribution in [0.5, 0.6) is 0 Å². The normalized spacial score (nSPS) is 11.3. The monoisotopic (exact) mass is 332 g/mol. The number of anilines is 1. The summed E-state index contributed by atoms with van der Waals surface area (Å²) in [5, 5.41) is 4.50. The Morgan fingerprint density at radius 3 is 2.44 bits per heavy atom. The summed E-state index contributed by atoms with van der Waals surface area (Å²) in [4.78, 5) is 18.4. The molecule has 5 nitrogen and oxygen atoms in total. The van der Waals surface area contributed by atoms with Crippen molar-refractivity contribution in [1.82, 2.24) is 9.97 Å². The molecular formula is C20H20N4O. The van der Waals surface area contributed by atoms with Crippen molar-refractivity contribution in [1.29, 1.82) is 0 Å². The van der Waals surface area contributed by atoms with Gasteiger partial charge in [-0.1, -0.05) is 60.7 Å². The molecule has 0 radical (unpaired) electrons. The molecule has 126 valence electrons. The standard InChI is InChI=1S/C20H20N4O/c1-15-14-19(25)22-20(21-15)24-23-18(17-10-6-3-7-11-17)13-12-16-8-4-2-5-9-16/h2-11,14H,12-13H2,1H3,(H2,21,22,24,25)/b23-18+. The maximum atomic E-state index is 11.6. The molecule has 0 fully saturated rings. The summed E-state index contributed by atoms with van der Waals surface area (Å²) in [6.07, 6.45) is 1.66. The molecule has 0 spiro atoms. The topological polar surface area (TPSA) is 70.1 Å². The number of hydrazone groups is 1. The van der Waals surface area contributed by atoms with Crippen molar-refractivity contribution < 1.29 is 0 Å². The minimum atomic E-state index is -0.198. The van der Waals surface area contributed by atoms with E-state index in [0.29, 0.717) is 11.6 Å². The van der Waals surface area contributed by atoms with Crippen LogP contribution < -0.4 is 11.0 Å². The summed E-state index contributed by atoms with van der Waals surface area (Å²) in [7, 11) is 0. The van der Waals surface area contributed by atoms with Gasteiger partial charge in [0.2, 0.25) is 5.95 Å². The summed E-state index contributed by atoms with van der Waals surface area (Å²) >= 11 is 0. The molecule has 0 aliphatic rings. The van der Waals surface area contributed by atoms with Crippen molar-refractivity contribution >= 4 is 11.7 Å². The number of benzene rings is 2. The van der Waals surface area contributed by atoms with Crippen LogP contribution in [0.25, 0.3) is 0 Å². The molecule has 0 aliphatic heterocycles.